The van der Waals surface area contributed by atoms with E-state index in [-0.39, 0.29) is 12.0 Å². The maximum absolute atomic E-state index is 12.2. The van der Waals surface area contributed by atoms with Crippen molar-refractivity contribution in [2.75, 3.05) is 13.7 Å². The zero-order valence-corrected chi connectivity index (χ0v) is 13.2. The van der Waals surface area contributed by atoms with E-state index in [1.807, 2.05) is 18.2 Å². The molecule has 1 atom stereocenters. The number of hydrogen-bond acceptors (Lipinski definition) is 5. The van der Waals surface area contributed by atoms with E-state index in [1.54, 1.807) is 7.11 Å². The molecule has 1 aliphatic heterocycles. The van der Waals surface area contributed by atoms with Crippen molar-refractivity contribution in [2.45, 2.75) is 32.1 Å². The van der Waals surface area contributed by atoms with E-state index < -0.39 is 0 Å². The van der Waals surface area contributed by atoms with E-state index in [1.165, 1.54) is 11.3 Å². The summed E-state index contributed by atoms with van der Waals surface area (Å²) < 4.78 is 10.6. The van der Waals surface area contributed by atoms with Gasteiger partial charge in [-0.05, 0) is 31.0 Å². The van der Waals surface area contributed by atoms with Crippen LogP contribution in [0.4, 0.5) is 0 Å². The topological polar surface area (TPSA) is 76.2 Å². The lowest BCUT2D eigenvalue weighted by molar-refractivity contribution is 0.0954. The van der Waals surface area contributed by atoms with Gasteiger partial charge in [-0.25, -0.2) is 0 Å². The van der Waals surface area contributed by atoms with Gasteiger partial charge in [-0.15, -0.1) is 11.3 Å². The van der Waals surface area contributed by atoms with Gasteiger partial charge in [0.25, 0.3) is 5.91 Å². The zero-order valence-electron chi connectivity index (χ0n) is 12.4. The number of aromatic amines is 1. The number of methoxy groups -OCH3 is 1. The highest BCUT2D eigenvalue weighted by Crippen LogP contribution is 2.33. The fourth-order valence-corrected chi connectivity index (χ4v) is 3.44. The summed E-state index contributed by atoms with van der Waals surface area (Å²) in [6.07, 6.45) is 2.29. The molecule has 0 radical (unpaired) electrons. The molecule has 7 heteroatoms. The van der Waals surface area contributed by atoms with Gasteiger partial charge in [0, 0.05) is 18.6 Å². The third kappa shape index (κ3) is 3.55. The molecule has 118 valence electrons. The van der Waals surface area contributed by atoms with Crippen molar-refractivity contribution in [1.29, 1.82) is 0 Å². The van der Waals surface area contributed by atoms with E-state index in [4.69, 9.17) is 9.47 Å². The molecule has 2 aromatic heterocycles. The predicted octanol–water partition coefficient (Wildman–Crippen LogP) is 2.40. The molecule has 3 rings (SSSR count). The first-order chi connectivity index (χ1) is 10.8. The fourth-order valence-electron chi connectivity index (χ4n) is 2.43. The predicted molar refractivity (Wildman–Crippen MR) is 82.7 cm³/mol. The van der Waals surface area contributed by atoms with Gasteiger partial charge in [-0.1, -0.05) is 0 Å². The van der Waals surface area contributed by atoms with Gasteiger partial charge in [0.2, 0.25) is 0 Å². The first-order valence-corrected chi connectivity index (χ1v) is 8.09. The lowest BCUT2D eigenvalue weighted by Gasteiger charge is -2.05. The molecular weight excluding hydrogens is 302 g/mol. The van der Waals surface area contributed by atoms with Gasteiger partial charge < -0.3 is 14.8 Å². The van der Waals surface area contributed by atoms with Gasteiger partial charge in [0.1, 0.15) is 0 Å². The summed E-state index contributed by atoms with van der Waals surface area (Å²) in [6.45, 7) is 1.69. The van der Waals surface area contributed by atoms with Crippen molar-refractivity contribution in [3.8, 4) is 0 Å². The number of nitrogens with one attached hydrogen (secondary N) is 2. The SMILES string of the molecule is COCc1cc(CNC(=O)c2ccc([C@H]3CCCO3)s2)[nH]n1. The van der Waals surface area contributed by atoms with Crippen molar-refractivity contribution >= 4 is 17.2 Å². The minimum atomic E-state index is -0.0721. The van der Waals surface area contributed by atoms with Gasteiger partial charge >= 0.3 is 0 Å². The van der Waals surface area contributed by atoms with Crippen LogP contribution >= 0.6 is 11.3 Å². The molecule has 2 aromatic rings. The molecule has 1 fully saturated rings. The van der Waals surface area contributed by atoms with Crippen LogP contribution in [0, 0.1) is 0 Å². The molecular formula is C15H19N3O3S. The summed E-state index contributed by atoms with van der Waals surface area (Å²) in [4.78, 5) is 14.0. The monoisotopic (exact) mass is 321 g/mol. The zero-order chi connectivity index (χ0) is 15.4. The van der Waals surface area contributed by atoms with Gasteiger partial charge in [0.05, 0.1) is 35.5 Å². The van der Waals surface area contributed by atoms with Crippen LogP contribution in [0.25, 0.3) is 0 Å². The number of carbonyl (C=O) groups is 1. The highest BCUT2D eigenvalue weighted by molar-refractivity contribution is 7.14. The number of rotatable bonds is 6. The normalized spacial score (nSPS) is 17.8. The largest absolute Gasteiger partial charge is 0.378 e. The number of nitrogens with zero attached hydrogens (tertiary/aromatic N) is 1. The molecule has 0 bridgehead atoms. The maximum Gasteiger partial charge on any atom is 0.261 e. The first kappa shape index (κ1) is 15.2. The second-order valence-electron chi connectivity index (χ2n) is 5.20. The minimum absolute atomic E-state index is 0.0721. The smallest absolute Gasteiger partial charge is 0.261 e. The summed E-state index contributed by atoms with van der Waals surface area (Å²) >= 11 is 1.50. The van der Waals surface area contributed by atoms with Crippen LogP contribution in [-0.4, -0.2) is 29.8 Å². The van der Waals surface area contributed by atoms with E-state index in [2.05, 4.69) is 15.5 Å². The Hall–Kier alpha value is -1.70. The van der Waals surface area contributed by atoms with Crippen LogP contribution < -0.4 is 5.32 Å². The average molecular weight is 321 g/mol. The Kier molecular flexibility index (Phi) is 4.87. The van der Waals surface area contributed by atoms with E-state index >= 15 is 0 Å². The second kappa shape index (κ2) is 7.04. The lowest BCUT2D eigenvalue weighted by atomic mass is 10.2. The summed E-state index contributed by atoms with van der Waals surface area (Å²) in [5.74, 6) is -0.0721. The summed E-state index contributed by atoms with van der Waals surface area (Å²) in [5.41, 5.74) is 1.68. The molecule has 22 heavy (non-hydrogen) atoms. The molecule has 0 spiro atoms. The number of amides is 1. The minimum Gasteiger partial charge on any atom is -0.378 e. The number of H-pyrrole nitrogens is 1. The Morgan fingerprint density at radius 1 is 1.59 bits per heavy atom. The van der Waals surface area contributed by atoms with Crippen LogP contribution in [-0.2, 0) is 22.6 Å². The van der Waals surface area contributed by atoms with Crippen LogP contribution in [0.1, 0.15) is 44.9 Å². The van der Waals surface area contributed by atoms with Crippen molar-refractivity contribution < 1.29 is 14.3 Å². The fraction of sp³-hybridized carbons (Fsp3) is 0.467. The van der Waals surface area contributed by atoms with E-state index in [0.29, 0.717) is 18.0 Å². The Morgan fingerprint density at radius 2 is 2.50 bits per heavy atom. The molecule has 2 N–H and O–H groups in total. The Balaban J connectivity index is 1.54. The molecule has 1 aliphatic rings. The summed E-state index contributed by atoms with van der Waals surface area (Å²) in [6, 6.07) is 5.73. The number of hydrogen-bond donors (Lipinski definition) is 2. The van der Waals surface area contributed by atoms with Crippen molar-refractivity contribution in [3.63, 3.8) is 0 Å². The first-order valence-electron chi connectivity index (χ1n) is 7.28. The maximum atomic E-state index is 12.2. The molecule has 1 amide bonds. The number of ether oxygens (including phenoxy) is 2. The van der Waals surface area contributed by atoms with Crippen LogP contribution in [0.15, 0.2) is 18.2 Å². The van der Waals surface area contributed by atoms with Crippen molar-refractivity contribution in [2.24, 2.45) is 0 Å². The molecule has 6 nitrogen and oxygen atoms in total. The third-order valence-electron chi connectivity index (χ3n) is 3.51. The van der Waals surface area contributed by atoms with Crippen molar-refractivity contribution in [1.82, 2.24) is 15.5 Å². The lowest BCUT2D eigenvalue weighted by Crippen LogP contribution is -2.21. The molecule has 0 aromatic carbocycles. The summed E-state index contributed by atoms with van der Waals surface area (Å²) in [5, 5.41) is 9.88. The Morgan fingerprint density at radius 3 is 3.27 bits per heavy atom. The van der Waals surface area contributed by atoms with Crippen LogP contribution in [0.5, 0.6) is 0 Å². The van der Waals surface area contributed by atoms with Crippen molar-refractivity contribution in [3.05, 3.63) is 39.3 Å². The highest BCUT2D eigenvalue weighted by atomic mass is 32.1. The standard InChI is InChI=1S/C15H19N3O3S/c1-20-9-11-7-10(17-18-11)8-16-15(19)14-5-4-13(22-14)12-3-2-6-21-12/h4-5,7,12H,2-3,6,8-9H2,1H3,(H,16,19)(H,17,18)/t12-/m1/s1. The molecule has 0 aliphatic carbocycles. The van der Waals surface area contributed by atoms with Crippen LogP contribution in [0.3, 0.4) is 0 Å². The quantitative estimate of drug-likeness (QED) is 0.856. The molecule has 1 saturated heterocycles. The van der Waals surface area contributed by atoms with Gasteiger partial charge in [-0.2, -0.15) is 5.10 Å². The van der Waals surface area contributed by atoms with Crippen LogP contribution in [0.2, 0.25) is 0 Å². The molecule has 0 unspecified atom stereocenters. The van der Waals surface area contributed by atoms with Gasteiger partial charge in [0.15, 0.2) is 0 Å². The number of thiophene rings is 1. The molecule has 3 heterocycles. The second-order valence-corrected chi connectivity index (χ2v) is 6.32. The average Bonchev–Trinajstić information content (AvgIpc) is 3.25. The Bertz CT molecular complexity index is 632. The number of aromatic nitrogens is 2. The highest BCUT2D eigenvalue weighted by Gasteiger charge is 2.20. The van der Waals surface area contributed by atoms with E-state index in [0.717, 1.165) is 35.7 Å². The van der Waals surface area contributed by atoms with Gasteiger partial charge in [-0.3, -0.25) is 9.89 Å². The Labute approximate surface area is 132 Å². The summed E-state index contributed by atoms with van der Waals surface area (Å²) in [7, 11) is 1.62. The molecule has 0 saturated carbocycles. The number of carbonyl (C=O) groups excluding carboxylic acids is 1. The third-order valence-corrected chi connectivity index (χ3v) is 4.69. The van der Waals surface area contributed by atoms with E-state index in [9.17, 15) is 4.79 Å².